The molecule has 5 heteroatoms. The number of rotatable bonds is 5. The second-order valence-corrected chi connectivity index (χ2v) is 5.32. The predicted octanol–water partition coefficient (Wildman–Crippen LogP) is 3.74. The summed E-state index contributed by atoms with van der Waals surface area (Å²) in [6, 6.07) is 0.392. The monoisotopic (exact) mass is 275 g/mol. The molecule has 1 aromatic rings. The van der Waals surface area contributed by atoms with Crippen LogP contribution in [0.4, 0.5) is 5.82 Å². The van der Waals surface area contributed by atoms with Crippen molar-refractivity contribution in [3.63, 3.8) is 0 Å². The molecule has 0 radical (unpaired) electrons. The summed E-state index contributed by atoms with van der Waals surface area (Å²) < 4.78 is 0. The van der Waals surface area contributed by atoms with E-state index in [0.717, 1.165) is 17.8 Å². The van der Waals surface area contributed by atoms with Crippen LogP contribution >= 0.6 is 23.2 Å². The van der Waals surface area contributed by atoms with Crippen LogP contribution in [0.1, 0.15) is 32.8 Å². The maximum atomic E-state index is 6.02. The maximum absolute atomic E-state index is 6.02. The van der Waals surface area contributed by atoms with Gasteiger partial charge in [-0.15, -0.1) is 11.6 Å². The highest BCUT2D eigenvalue weighted by atomic mass is 35.5. The second-order valence-electron chi connectivity index (χ2n) is 4.69. The zero-order chi connectivity index (χ0) is 13.0. The highest BCUT2D eigenvalue weighted by Crippen LogP contribution is 2.26. The lowest BCUT2D eigenvalue weighted by Crippen LogP contribution is -2.31. The Morgan fingerprint density at radius 1 is 1.29 bits per heavy atom. The Bertz CT molecular complexity index is 369. The van der Waals surface area contributed by atoms with Crippen LogP contribution in [-0.2, 0) is 5.88 Å². The highest BCUT2D eigenvalue weighted by molar-refractivity contribution is 6.31. The van der Waals surface area contributed by atoms with Gasteiger partial charge in [-0.2, -0.15) is 0 Å². The number of halogens is 2. The Hall–Kier alpha value is -0.540. The molecule has 17 heavy (non-hydrogen) atoms. The largest absolute Gasteiger partial charge is 0.357 e. The van der Waals surface area contributed by atoms with Crippen molar-refractivity contribution in [2.45, 2.75) is 39.1 Å². The zero-order valence-corrected chi connectivity index (χ0v) is 12.3. The smallest absolute Gasteiger partial charge is 0.138 e. The standard InChI is InChI=1S/C12H19Cl2N3/c1-8(2)5-9(3)17(4)12-10(6-13)11(14)15-7-16-12/h7-9H,5-6H2,1-4H3. The van der Waals surface area contributed by atoms with Gasteiger partial charge in [-0.05, 0) is 19.3 Å². The first-order valence-electron chi connectivity index (χ1n) is 5.75. The van der Waals surface area contributed by atoms with Gasteiger partial charge in [-0.25, -0.2) is 9.97 Å². The molecule has 1 rings (SSSR count). The molecule has 0 aromatic carbocycles. The van der Waals surface area contributed by atoms with Gasteiger partial charge in [0.15, 0.2) is 0 Å². The molecule has 1 aromatic heterocycles. The molecule has 1 heterocycles. The third kappa shape index (κ3) is 3.71. The van der Waals surface area contributed by atoms with Gasteiger partial charge in [0.25, 0.3) is 0 Å². The van der Waals surface area contributed by atoms with E-state index in [0.29, 0.717) is 23.0 Å². The SMILES string of the molecule is CC(C)CC(C)N(C)c1ncnc(Cl)c1CCl. The summed E-state index contributed by atoms with van der Waals surface area (Å²) in [5.41, 5.74) is 0.800. The summed E-state index contributed by atoms with van der Waals surface area (Å²) in [7, 11) is 2.02. The van der Waals surface area contributed by atoms with E-state index < -0.39 is 0 Å². The highest BCUT2D eigenvalue weighted by Gasteiger charge is 2.18. The van der Waals surface area contributed by atoms with Gasteiger partial charge >= 0.3 is 0 Å². The van der Waals surface area contributed by atoms with E-state index in [4.69, 9.17) is 23.2 Å². The third-order valence-corrected chi connectivity index (χ3v) is 3.40. The van der Waals surface area contributed by atoms with Gasteiger partial charge in [-0.1, -0.05) is 25.4 Å². The molecule has 96 valence electrons. The molecule has 0 spiro atoms. The van der Waals surface area contributed by atoms with Crippen LogP contribution in [0.2, 0.25) is 5.15 Å². The van der Waals surface area contributed by atoms with E-state index in [1.165, 1.54) is 6.33 Å². The molecule has 0 bridgehead atoms. The summed E-state index contributed by atoms with van der Waals surface area (Å²) >= 11 is 11.9. The number of hydrogen-bond donors (Lipinski definition) is 0. The molecule has 0 aliphatic rings. The van der Waals surface area contributed by atoms with Crippen LogP contribution in [0.25, 0.3) is 0 Å². The van der Waals surface area contributed by atoms with Gasteiger partial charge in [0.2, 0.25) is 0 Å². The Kier molecular flexibility index (Phi) is 5.47. The molecule has 0 saturated heterocycles. The first kappa shape index (κ1) is 14.5. The molecule has 3 nitrogen and oxygen atoms in total. The predicted molar refractivity (Wildman–Crippen MR) is 73.9 cm³/mol. The van der Waals surface area contributed by atoms with Crippen LogP contribution in [0.3, 0.4) is 0 Å². The normalized spacial score (nSPS) is 12.9. The van der Waals surface area contributed by atoms with Crippen molar-refractivity contribution in [2.75, 3.05) is 11.9 Å². The Morgan fingerprint density at radius 2 is 1.94 bits per heavy atom. The molecule has 0 fully saturated rings. The van der Waals surface area contributed by atoms with Crippen molar-refractivity contribution in [3.8, 4) is 0 Å². The fourth-order valence-electron chi connectivity index (χ4n) is 1.85. The molecule has 0 saturated carbocycles. The number of anilines is 1. The topological polar surface area (TPSA) is 29.0 Å². The number of nitrogens with zero attached hydrogens (tertiary/aromatic N) is 3. The summed E-state index contributed by atoms with van der Waals surface area (Å²) in [5, 5.41) is 0.439. The second kappa shape index (κ2) is 6.41. The van der Waals surface area contributed by atoms with E-state index in [1.54, 1.807) is 0 Å². The van der Waals surface area contributed by atoms with Crippen molar-refractivity contribution in [2.24, 2.45) is 5.92 Å². The molecule has 0 N–H and O–H groups in total. The maximum Gasteiger partial charge on any atom is 0.138 e. The first-order valence-corrected chi connectivity index (χ1v) is 6.66. The lowest BCUT2D eigenvalue weighted by Gasteiger charge is -2.28. The van der Waals surface area contributed by atoms with E-state index >= 15 is 0 Å². The molecular weight excluding hydrogens is 257 g/mol. The van der Waals surface area contributed by atoms with Crippen LogP contribution in [0.5, 0.6) is 0 Å². The fraction of sp³-hybridized carbons (Fsp3) is 0.667. The van der Waals surface area contributed by atoms with Gasteiger partial charge < -0.3 is 4.90 Å². The van der Waals surface area contributed by atoms with Crippen molar-refractivity contribution >= 4 is 29.0 Å². The summed E-state index contributed by atoms with van der Waals surface area (Å²) in [4.78, 5) is 10.4. The summed E-state index contributed by atoms with van der Waals surface area (Å²) in [6.45, 7) is 6.59. The summed E-state index contributed by atoms with van der Waals surface area (Å²) in [6.07, 6.45) is 2.58. The zero-order valence-electron chi connectivity index (χ0n) is 10.7. The Labute approximate surface area is 113 Å². The fourth-order valence-corrected chi connectivity index (χ4v) is 2.36. The minimum Gasteiger partial charge on any atom is -0.357 e. The van der Waals surface area contributed by atoms with Gasteiger partial charge in [0.05, 0.1) is 5.88 Å². The van der Waals surface area contributed by atoms with Crippen molar-refractivity contribution < 1.29 is 0 Å². The van der Waals surface area contributed by atoms with Gasteiger partial charge in [0, 0.05) is 18.7 Å². The lowest BCUT2D eigenvalue weighted by atomic mass is 10.0. The first-order chi connectivity index (χ1) is 7.97. The molecule has 1 unspecified atom stereocenters. The number of alkyl halides is 1. The Morgan fingerprint density at radius 3 is 2.47 bits per heavy atom. The molecule has 0 aliphatic heterocycles. The molecule has 1 atom stereocenters. The van der Waals surface area contributed by atoms with Crippen LogP contribution in [0, 0.1) is 5.92 Å². The van der Waals surface area contributed by atoms with Crippen LogP contribution < -0.4 is 4.90 Å². The average Bonchev–Trinajstić information content (AvgIpc) is 2.26. The minimum absolute atomic E-state index is 0.327. The number of hydrogen-bond acceptors (Lipinski definition) is 3. The van der Waals surface area contributed by atoms with Crippen molar-refractivity contribution in [1.82, 2.24) is 9.97 Å². The Balaban J connectivity index is 2.95. The van der Waals surface area contributed by atoms with Crippen LogP contribution in [0.15, 0.2) is 6.33 Å². The van der Waals surface area contributed by atoms with Crippen molar-refractivity contribution in [1.29, 1.82) is 0 Å². The lowest BCUT2D eigenvalue weighted by molar-refractivity contribution is 0.501. The van der Waals surface area contributed by atoms with Crippen molar-refractivity contribution in [3.05, 3.63) is 17.0 Å². The molecule has 0 amide bonds. The minimum atomic E-state index is 0.327. The molecular formula is C12H19Cl2N3. The number of aromatic nitrogens is 2. The third-order valence-electron chi connectivity index (χ3n) is 2.81. The van der Waals surface area contributed by atoms with E-state index in [9.17, 15) is 0 Å². The van der Waals surface area contributed by atoms with Gasteiger partial charge in [-0.3, -0.25) is 0 Å². The van der Waals surface area contributed by atoms with Crippen LogP contribution in [-0.4, -0.2) is 23.1 Å². The molecule has 0 aliphatic carbocycles. The summed E-state index contributed by atoms with van der Waals surface area (Å²) in [5.74, 6) is 1.80. The van der Waals surface area contributed by atoms with E-state index in [-0.39, 0.29) is 0 Å². The van der Waals surface area contributed by atoms with E-state index in [2.05, 4.69) is 35.6 Å². The van der Waals surface area contributed by atoms with E-state index in [1.807, 2.05) is 7.05 Å². The average molecular weight is 276 g/mol. The van der Waals surface area contributed by atoms with Gasteiger partial charge in [0.1, 0.15) is 17.3 Å². The quantitative estimate of drug-likeness (QED) is 0.606.